The van der Waals surface area contributed by atoms with Gasteiger partial charge >= 0.3 is 0 Å². The first kappa shape index (κ1) is 16.0. The molecule has 0 bridgehead atoms. The van der Waals surface area contributed by atoms with Crippen LogP contribution in [-0.4, -0.2) is 38.1 Å². The average molecular weight is 336 g/mol. The maximum absolute atomic E-state index is 12.9. The summed E-state index contributed by atoms with van der Waals surface area (Å²) >= 11 is 0. The van der Waals surface area contributed by atoms with Crippen LogP contribution in [0.4, 0.5) is 0 Å². The molecule has 0 radical (unpaired) electrons. The van der Waals surface area contributed by atoms with Crippen molar-refractivity contribution in [3.05, 3.63) is 29.5 Å². The molecule has 1 aliphatic heterocycles. The first-order valence-electron chi connectivity index (χ1n) is 7.56. The number of methoxy groups -OCH3 is 1. The lowest BCUT2D eigenvalue weighted by Crippen LogP contribution is -2.28. The van der Waals surface area contributed by atoms with Crippen LogP contribution in [0.3, 0.4) is 0 Å². The normalized spacial score (nSPS) is 16.0. The molecule has 0 aliphatic carbocycles. The SMILES string of the molecule is COc1ccc(-c2onc(C)c2C)cc1S(=O)(=O)N1CCCC1. The first-order valence-corrected chi connectivity index (χ1v) is 9.00. The van der Waals surface area contributed by atoms with Gasteiger partial charge in [0.05, 0.1) is 12.8 Å². The van der Waals surface area contributed by atoms with E-state index in [1.807, 2.05) is 13.8 Å². The van der Waals surface area contributed by atoms with Crippen molar-refractivity contribution in [2.75, 3.05) is 20.2 Å². The van der Waals surface area contributed by atoms with Crippen molar-refractivity contribution < 1.29 is 17.7 Å². The van der Waals surface area contributed by atoms with Gasteiger partial charge in [-0.15, -0.1) is 0 Å². The van der Waals surface area contributed by atoms with Gasteiger partial charge in [0.2, 0.25) is 10.0 Å². The number of ether oxygens (including phenoxy) is 1. The van der Waals surface area contributed by atoms with Crippen molar-refractivity contribution in [2.24, 2.45) is 0 Å². The van der Waals surface area contributed by atoms with Crippen LogP contribution in [0.15, 0.2) is 27.6 Å². The molecule has 1 aromatic carbocycles. The minimum atomic E-state index is -3.57. The fraction of sp³-hybridized carbons (Fsp3) is 0.438. The molecule has 1 saturated heterocycles. The molecule has 0 amide bonds. The van der Waals surface area contributed by atoms with Gasteiger partial charge in [0.1, 0.15) is 10.6 Å². The van der Waals surface area contributed by atoms with Gasteiger partial charge in [-0.25, -0.2) is 8.42 Å². The summed E-state index contributed by atoms with van der Waals surface area (Å²) in [5, 5.41) is 3.94. The van der Waals surface area contributed by atoms with Gasteiger partial charge in [0, 0.05) is 24.2 Å². The summed E-state index contributed by atoms with van der Waals surface area (Å²) in [7, 11) is -2.10. The average Bonchev–Trinajstić information content (AvgIpc) is 3.19. The Hall–Kier alpha value is -1.86. The third-order valence-corrected chi connectivity index (χ3v) is 6.19. The molecule has 7 heteroatoms. The highest BCUT2D eigenvalue weighted by atomic mass is 32.2. The summed E-state index contributed by atoms with van der Waals surface area (Å²) in [6.07, 6.45) is 1.78. The second-order valence-corrected chi connectivity index (χ2v) is 7.61. The van der Waals surface area contributed by atoms with Crippen molar-refractivity contribution in [2.45, 2.75) is 31.6 Å². The van der Waals surface area contributed by atoms with Gasteiger partial charge in [-0.1, -0.05) is 5.16 Å². The molecule has 3 rings (SSSR count). The molecule has 2 aromatic rings. The number of rotatable bonds is 4. The van der Waals surface area contributed by atoms with E-state index in [-0.39, 0.29) is 4.90 Å². The molecule has 0 N–H and O–H groups in total. The van der Waals surface area contributed by atoms with E-state index in [1.54, 1.807) is 18.2 Å². The van der Waals surface area contributed by atoms with Gasteiger partial charge in [-0.2, -0.15) is 4.31 Å². The van der Waals surface area contributed by atoms with Crippen molar-refractivity contribution in [3.8, 4) is 17.1 Å². The Bertz CT molecular complexity index is 821. The third kappa shape index (κ3) is 2.74. The predicted octanol–water partition coefficient (Wildman–Crippen LogP) is 2.75. The maximum Gasteiger partial charge on any atom is 0.246 e. The number of hydrogen-bond donors (Lipinski definition) is 0. The molecule has 1 fully saturated rings. The molecule has 1 aromatic heterocycles. The Morgan fingerprint density at radius 2 is 1.91 bits per heavy atom. The summed E-state index contributed by atoms with van der Waals surface area (Å²) in [6.45, 7) is 4.86. The van der Waals surface area contributed by atoms with E-state index in [4.69, 9.17) is 9.26 Å². The highest BCUT2D eigenvalue weighted by molar-refractivity contribution is 7.89. The molecule has 0 spiro atoms. The molecular formula is C16H20N2O4S. The lowest BCUT2D eigenvalue weighted by molar-refractivity contribution is 0.398. The fourth-order valence-corrected chi connectivity index (χ4v) is 4.47. The molecule has 0 atom stereocenters. The van der Waals surface area contributed by atoms with Crippen LogP contribution in [-0.2, 0) is 10.0 Å². The van der Waals surface area contributed by atoms with Crippen LogP contribution < -0.4 is 4.74 Å². The summed E-state index contributed by atoms with van der Waals surface area (Å²) in [5.41, 5.74) is 2.38. The van der Waals surface area contributed by atoms with Gasteiger partial charge in [-0.3, -0.25) is 0 Å². The second kappa shape index (κ2) is 5.98. The van der Waals surface area contributed by atoms with Gasteiger partial charge in [0.25, 0.3) is 0 Å². The molecule has 0 unspecified atom stereocenters. The topological polar surface area (TPSA) is 72.6 Å². The van der Waals surface area contributed by atoms with Gasteiger partial charge < -0.3 is 9.26 Å². The lowest BCUT2D eigenvalue weighted by atomic mass is 10.1. The van der Waals surface area contributed by atoms with Crippen LogP contribution in [0.2, 0.25) is 0 Å². The van der Waals surface area contributed by atoms with E-state index in [1.165, 1.54) is 11.4 Å². The predicted molar refractivity (Wildman–Crippen MR) is 86.0 cm³/mol. The third-order valence-electron chi connectivity index (χ3n) is 4.27. The highest BCUT2D eigenvalue weighted by Crippen LogP contribution is 2.34. The number of nitrogens with zero attached hydrogens (tertiary/aromatic N) is 2. The first-order chi connectivity index (χ1) is 10.9. The molecular weight excluding hydrogens is 316 g/mol. The Morgan fingerprint density at radius 1 is 1.22 bits per heavy atom. The minimum absolute atomic E-state index is 0.174. The van der Waals surface area contributed by atoms with Crippen LogP contribution in [0.25, 0.3) is 11.3 Å². The largest absolute Gasteiger partial charge is 0.495 e. The molecule has 0 saturated carbocycles. The van der Waals surface area contributed by atoms with Gasteiger partial charge in [-0.05, 0) is 44.9 Å². The van der Waals surface area contributed by atoms with E-state index in [0.717, 1.165) is 24.1 Å². The maximum atomic E-state index is 12.9. The van der Waals surface area contributed by atoms with E-state index in [2.05, 4.69) is 5.16 Å². The summed E-state index contributed by atoms with van der Waals surface area (Å²) < 4.78 is 37.9. The zero-order valence-electron chi connectivity index (χ0n) is 13.5. The Balaban J connectivity index is 2.12. The van der Waals surface area contributed by atoms with Crippen LogP contribution in [0.5, 0.6) is 5.75 Å². The van der Waals surface area contributed by atoms with Gasteiger partial charge in [0.15, 0.2) is 5.76 Å². The van der Waals surface area contributed by atoms with Crippen molar-refractivity contribution in [1.82, 2.24) is 9.46 Å². The molecule has 23 heavy (non-hydrogen) atoms. The van der Waals surface area contributed by atoms with Crippen LogP contribution in [0, 0.1) is 13.8 Å². The number of aromatic nitrogens is 1. The minimum Gasteiger partial charge on any atom is -0.495 e. The molecule has 6 nitrogen and oxygen atoms in total. The fourth-order valence-electron chi connectivity index (χ4n) is 2.77. The second-order valence-electron chi connectivity index (χ2n) is 5.70. The number of aryl methyl sites for hydroxylation is 1. The summed E-state index contributed by atoms with van der Waals surface area (Å²) in [5.74, 6) is 0.928. The van der Waals surface area contributed by atoms with Crippen LogP contribution in [0.1, 0.15) is 24.1 Å². The Kier molecular flexibility index (Phi) is 4.16. The monoisotopic (exact) mass is 336 g/mol. The van der Waals surface area contributed by atoms with Crippen molar-refractivity contribution >= 4 is 10.0 Å². The standard InChI is InChI=1S/C16H20N2O4S/c1-11-12(2)17-22-16(11)13-6-7-14(21-3)15(10-13)23(19,20)18-8-4-5-9-18/h6-7,10H,4-5,8-9H2,1-3H3. The van der Waals surface area contributed by atoms with E-state index >= 15 is 0 Å². The van der Waals surface area contributed by atoms with E-state index in [0.29, 0.717) is 30.2 Å². The summed E-state index contributed by atoms with van der Waals surface area (Å²) in [6, 6.07) is 5.06. The lowest BCUT2D eigenvalue weighted by Gasteiger charge is -2.18. The van der Waals surface area contributed by atoms with E-state index in [9.17, 15) is 8.42 Å². The summed E-state index contributed by atoms with van der Waals surface area (Å²) in [4.78, 5) is 0.174. The zero-order chi connectivity index (χ0) is 16.6. The van der Waals surface area contributed by atoms with Crippen LogP contribution >= 0.6 is 0 Å². The molecule has 124 valence electrons. The molecule has 2 heterocycles. The smallest absolute Gasteiger partial charge is 0.246 e. The molecule has 1 aliphatic rings. The Morgan fingerprint density at radius 3 is 2.48 bits per heavy atom. The van der Waals surface area contributed by atoms with E-state index < -0.39 is 10.0 Å². The van der Waals surface area contributed by atoms with Crippen molar-refractivity contribution in [1.29, 1.82) is 0 Å². The number of sulfonamides is 1. The Labute approximate surface area is 136 Å². The quantitative estimate of drug-likeness (QED) is 0.858. The number of benzene rings is 1. The van der Waals surface area contributed by atoms with Crippen molar-refractivity contribution in [3.63, 3.8) is 0 Å². The number of hydrogen-bond acceptors (Lipinski definition) is 5. The highest BCUT2D eigenvalue weighted by Gasteiger charge is 2.30. The zero-order valence-corrected chi connectivity index (χ0v) is 14.3.